The van der Waals surface area contributed by atoms with E-state index >= 15 is 0 Å². The zero-order valence-electron chi connectivity index (χ0n) is 14.2. The number of carbonyl (C=O) groups is 2. The molecule has 1 spiro atoms. The van der Waals surface area contributed by atoms with Crippen molar-refractivity contribution in [2.24, 2.45) is 5.92 Å². The highest BCUT2D eigenvalue weighted by atomic mass is 16.2. The van der Waals surface area contributed by atoms with Crippen molar-refractivity contribution in [3.05, 3.63) is 5.82 Å². The second-order valence-electron chi connectivity index (χ2n) is 6.74. The number of nitrogens with one attached hydrogen (secondary N) is 1. The largest absolute Gasteiger partial charge is 0.368 e. The van der Waals surface area contributed by atoms with Gasteiger partial charge in [-0.2, -0.15) is 15.0 Å². The summed E-state index contributed by atoms with van der Waals surface area (Å²) in [7, 11) is 3.57. The van der Waals surface area contributed by atoms with Gasteiger partial charge in [0.25, 0.3) is 5.91 Å². The second-order valence-corrected chi connectivity index (χ2v) is 6.74. The van der Waals surface area contributed by atoms with E-state index in [2.05, 4.69) is 20.3 Å². The maximum absolute atomic E-state index is 12.9. The highest BCUT2D eigenvalue weighted by Crippen LogP contribution is 2.38. The van der Waals surface area contributed by atoms with Crippen LogP contribution in [0.3, 0.4) is 0 Å². The fraction of sp³-hybridized carbons (Fsp3) is 0.667. The molecule has 1 aromatic rings. The molecule has 3 N–H and O–H groups in total. The molecule has 9 nitrogen and oxygen atoms in total. The molecule has 1 saturated carbocycles. The molecule has 2 atom stereocenters. The number of amides is 3. The van der Waals surface area contributed by atoms with Gasteiger partial charge in [0, 0.05) is 14.1 Å². The molecule has 2 unspecified atom stereocenters. The SMILES string of the molecule is CC1CCCCC12NC(=O)N(Cc1nc(N)nc(N(C)C)n1)C2=O. The highest BCUT2D eigenvalue weighted by molar-refractivity contribution is 6.07. The monoisotopic (exact) mass is 333 g/mol. The Morgan fingerprint density at radius 2 is 2.04 bits per heavy atom. The first kappa shape index (κ1) is 16.4. The molecule has 0 radical (unpaired) electrons. The zero-order valence-corrected chi connectivity index (χ0v) is 14.2. The van der Waals surface area contributed by atoms with Crippen LogP contribution in [0.4, 0.5) is 16.7 Å². The lowest BCUT2D eigenvalue weighted by Gasteiger charge is -2.36. The van der Waals surface area contributed by atoms with Gasteiger partial charge in [0.2, 0.25) is 11.9 Å². The lowest BCUT2D eigenvalue weighted by molar-refractivity contribution is -0.134. The Morgan fingerprint density at radius 1 is 1.29 bits per heavy atom. The van der Waals surface area contributed by atoms with Crippen molar-refractivity contribution >= 4 is 23.8 Å². The third-order valence-electron chi connectivity index (χ3n) is 4.89. The molecule has 2 heterocycles. The van der Waals surface area contributed by atoms with E-state index in [1.54, 1.807) is 19.0 Å². The molecule has 3 rings (SSSR count). The molecular weight excluding hydrogens is 310 g/mol. The summed E-state index contributed by atoms with van der Waals surface area (Å²) in [5.41, 5.74) is 4.93. The Kier molecular flexibility index (Phi) is 4.02. The van der Waals surface area contributed by atoms with Crippen LogP contribution in [0.2, 0.25) is 0 Å². The Balaban J connectivity index is 1.86. The summed E-state index contributed by atoms with van der Waals surface area (Å²) < 4.78 is 0. The van der Waals surface area contributed by atoms with Crippen LogP contribution in [0.15, 0.2) is 0 Å². The minimum atomic E-state index is -0.779. The molecule has 1 saturated heterocycles. The number of nitrogen functional groups attached to an aromatic ring is 1. The van der Waals surface area contributed by atoms with Crippen molar-refractivity contribution in [3.8, 4) is 0 Å². The lowest BCUT2D eigenvalue weighted by Crippen LogP contribution is -2.53. The van der Waals surface area contributed by atoms with Gasteiger partial charge < -0.3 is 16.0 Å². The number of nitrogens with zero attached hydrogens (tertiary/aromatic N) is 5. The minimum absolute atomic E-state index is 0.00725. The number of aromatic nitrogens is 3. The summed E-state index contributed by atoms with van der Waals surface area (Å²) in [6.07, 6.45) is 3.64. The quantitative estimate of drug-likeness (QED) is 0.774. The average molecular weight is 333 g/mol. The van der Waals surface area contributed by atoms with Crippen molar-refractivity contribution in [2.45, 2.75) is 44.7 Å². The lowest BCUT2D eigenvalue weighted by atomic mass is 9.73. The van der Waals surface area contributed by atoms with Crippen molar-refractivity contribution in [2.75, 3.05) is 24.7 Å². The third kappa shape index (κ3) is 2.63. The molecule has 2 aliphatic rings. The van der Waals surface area contributed by atoms with Gasteiger partial charge in [-0.1, -0.05) is 19.8 Å². The highest BCUT2D eigenvalue weighted by Gasteiger charge is 2.54. The van der Waals surface area contributed by atoms with E-state index in [1.807, 2.05) is 6.92 Å². The van der Waals surface area contributed by atoms with Crippen molar-refractivity contribution < 1.29 is 9.59 Å². The van der Waals surface area contributed by atoms with Gasteiger partial charge in [-0.05, 0) is 18.8 Å². The van der Waals surface area contributed by atoms with E-state index in [-0.39, 0.29) is 30.3 Å². The number of hydrogen-bond donors (Lipinski definition) is 2. The van der Waals surface area contributed by atoms with E-state index in [1.165, 1.54) is 4.90 Å². The number of carbonyl (C=O) groups excluding carboxylic acids is 2. The van der Waals surface area contributed by atoms with Crippen LogP contribution >= 0.6 is 0 Å². The van der Waals surface area contributed by atoms with Gasteiger partial charge in [-0.3, -0.25) is 9.69 Å². The topological polar surface area (TPSA) is 117 Å². The van der Waals surface area contributed by atoms with Crippen molar-refractivity contribution in [1.82, 2.24) is 25.2 Å². The summed E-state index contributed by atoms with van der Waals surface area (Å²) >= 11 is 0. The summed E-state index contributed by atoms with van der Waals surface area (Å²) in [5.74, 6) is 0.690. The smallest absolute Gasteiger partial charge is 0.325 e. The number of hydrogen-bond acceptors (Lipinski definition) is 7. The third-order valence-corrected chi connectivity index (χ3v) is 4.89. The molecule has 1 aliphatic carbocycles. The van der Waals surface area contributed by atoms with E-state index < -0.39 is 5.54 Å². The number of nitrogens with two attached hydrogens (primary N) is 1. The number of urea groups is 1. The minimum Gasteiger partial charge on any atom is -0.368 e. The second kappa shape index (κ2) is 5.88. The molecule has 1 aromatic heterocycles. The first-order chi connectivity index (χ1) is 11.3. The summed E-state index contributed by atoms with van der Waals surface area (Å²) in [4.78, 5) is 40.6. The fourth-order valence-electron chi connectivity index (χ4n) is 3.48. The zero-order chi connectivity index (χ0) is 17.5. The Hall–Kier alpha value is -2.45. The van der Waals surface area contributed by atoms with Crippen molar-refractivity contribution in [3.63, 3.8) is 0 Å². The molecule has 9 heteroatoms. The number of imide groups is 1. The maximum atomic E-state index is 12.9. The van der Waals surface area contributed by atoms with Crippen LogP contribution in [0.1, 0.15) is 38.4 Å². The van der Waals surface area contributed by atoms with Gasteiger partial charge in [0.1, 0.15) is 5.54 Å². The Labute approximate surface area is 140 Å². The normalized spacial score (nSPS) is 26.8. The van der Waals surface area contributed by atoms with E-state index in [4.69, 9.17) is 5.73 Å². The molecule has 130 valence electrons. The Morgan fingerprint density at radius 3 is 2.71 bits per heavy atom. The van der Waals surface area contributed by atoms with Gasteiger partial charge in [-0.25, -0.2) is 4.79 Å². The standard InChI is InChI=1S/C15H23N7O2/c1-9-6-4-5-7-15(9)11(23)22(14(24)20-15)8-10-17-12(16)19-13(18-10)21(2)3/h9H,4-8H2,1-3H3,(H,20,24)(H2,16,17,18,19). The van der Waals surface area contributed by atoms with Crippen molar-refractivity contribution in [1.29, 1.82) is 0 Å². The first-order valence-corrected chi connectivity index (χ1v) is 8.15. The van der Waals surface area contributed by atoms with E-state index in [0.717, 1.165) is 19.3 Å². The predicted octanol–water partition coefficient (Wildman–Crippen LogP) is 0.521. The van der Waals surface area contributed by atoms with E-state index in [0.29, 0.717) is 18.2 Å². The predicted molar refractivity (Wildman–Crippen MR) is 88.0 cm³/mol. The summed E-state index contributed by atoms with van der Waals surface area (Å²) in [6.45, 7) is 2.01. The molecule has 0 bridgehead atoms. The van der Waals surface area contributed by atoms with Crippen LogP contribution in [-0.2, 0) is 11.3 Å². The number of rotatable bonds is 3. The molecule has 2 fully saturated rings. The molecule has 1 aliphatic heterocycles. The number of anilines is 2. The van der Waals surface area contributed by atoms with Crippen LogP contribution in [0.5, 0.6) is 0 Å². The first-order valence-electron chi connectivity index (χ1n) is 8.15. The summed E-state index contributed by atoms with van der Waals surface area (Å²) in [6, 6.07) is -0.390. The van der Waals surface area contributed by atoms with E-state index in [9.17, 15) is 9.59 Å². The molecular formula is C15H23N7O2. The van der Waals surface area contributed by atoms with Gasteiger partial charge in [-0.15, -0.1) is 0 Å². The average Bonchev–Trinajstić information content (AvgIpc) is 2.75. The van der Waals surface area contributed by atoms with Gasteiger partial charge in [0.15, 0.2) is 5.82 Å². The van der Waals surface area contributed by atoms with Crippen LogP contribution < -0.4 is 16.0 Å². The van der Waals surface area contributed by atoms with Crippen LogP contribution in [-0.4, -0.2) is 51.4 Å². The summed E-state index contributed by atoms with van der Waals surface area (Å²) in [5, 5.41) is 2.92. The van der Waals surface area contributed by atoms with Gasteiger partial charge >= 0.3 is 6.03 Å². The maximum Gasteiger partial charge on any atom is 0.325 e. The fourth-order valence-corrected chi connectivity index (χ4v) is 3.48. The molecule has 3 amide bonds. The van der Waals surface area contributed by atoms with Gasteiger partial charge in [0.05, 0.1) is 6.54 Å². The van der Waals surface area contributed by atoms with Crippen LogP contribution in [0, 0.1) is 5.92 Å². The Bertz CT molecular complexity index is 678. The molecule has 0 aromatic carbocycles. The van der Waals surface area contributed by atoms with Crippen LogP contribution in [0.25, 0.3) is 0 Å². The molecule has 24 heavy (non-hydrogen) atoms.